The smallest absolute Gasteiger partial charge is 0.290 e. The normalized spacial score (nSPS) is 16.9. The van der Waals surface area contributed by atoms with Crippen molar-refractivity contribution in [1.29, 1.82) is 0 Å². The number of carbonyl (C=O) groups excluding carboxylic acids is 1. The number of morpholine rings is 1. The molecule has 11 nitrogen and oxygen atoms in total. The average Bonchev–Trinajstić information content (AvgIpc) is 3.16. The standard InChI is InChI=1S/C13H18N6O3.CH2O2/c1-8-10(9(2)22-15-8)6-12(20)19-4-5-21-11(7-19)13-14-16-17-18(13)3;2-1-3/h11H,4-7H2,1-3H3;1H,(H,2,3). The molecule has 0 saturated carbocycles. The number of nitrogens with zero attached hydrogens (tertiary/aromatic N) is 6. The fraction of sp³-hybridized carbons (Fsp3) is 0.571. The first-order valence-electron chi connectivity index (χ1n) is 7.59. The van der Waals surface area contributed by atoms with Crippen LogP contribution in [0.1, 0.15) is 28.9 Å². The predicted octanol–water partition coefficient (Wildman–Crippen LogP) is -0.342. The Balaban J connectivity index is 0.000000701. The molecule has 0 spiro atoms. The lowest BCUT2D eigenvalue weighted by atomic mass is 10.1. The van der Waals surface area contributed by atoms with Gasteiger partial charge in [0.1, 0.15) is 11.9 Å². The summed E-state index contributed by atoms with van der Waals surface area (Å²) in [4.78, 5) is 22.6. The fourth-order valence-electron chi connectivity index (χ4n) is 2.56. The van der Waals surface area contributed by atoms with Crippen LogP contribution < -0.4 is 0 Å². The van der Waals surface area contributed by atoms with Gasteiger partial charge in [-0.25, -0.2) is 4.68 Å². The van der Waals surface area contributed by atoms with Gasteiger partial charge in [-0.15, -0.1) is 5.10 Å². The zero-order valence-electron chi connectivity index (χ0n) is 14.2. The molecular formula is C14H20N6O5. The van der Waals surface area contributed by atoms with E-state index in [1.165, 1.54) is 0 Å². The second-order valence-corrected chi connectivity index (χ2v) is 5.44. The van der Waals surface area contributed by atoms with E-state index in [0.29, 0.717) is 31.3 Å². The number of carbonyl (C=O) groups is 2. The molecule has 1 unspecified atom stereocenters. The van der Waals surface area contributed by atoms with E-state index in [-0.39, 0.29) is 24.9 Å². The van der Waals surface area contributed by atoms with E-state index in [9.17, 15) is 4.79 Å². The second-order valence-electron chi connectivity index (χ2n) is 5.44. The molecule has 0 bridgehead atoms. The summed E-state index contributed by atoms with van der Waals surface area (Å²) in [5, 5.41) is 22.1. The molecule has 1 N–H and O–H groups in total. The van der Waals surface area contributed by atoms with Crippen LogP contribution in [0.3, 0.4) is 0 Å². The molecule has 1 fully saturated rings. The Morgan fingerprint density at radius 3 is 2.72 bits per heavy atom. The van der Waals surface area contributed by atoms with Crippen LogP contribution in [0.15, 0.2) is 4.52 Å². The maximum atomic E-state index is 12.5. The molecule has 0 aliphatic carbocycles. The number of carboxylic acid groups (broad SMARTS) is 1. The van der Waals surface area contributed by atoms with Crippen LogP contribution in [0.25, 0.3) is 0 Å². The van der Waals surface area contributed by atoms with E-state index in [0.717, 1.165) is 11.3 Å². The molecule has 3 rings (SSSR count). The Bertz CT molecular complexity index is 708. The lowest BCUT2D eigenvalue weighted by Crippen LogP contribution is -2.43. The minimum atomic E-state index is -0.303. The number of hydrogen-bond donors (Lipinski definition) is 1. The molecule has 2 aromatic heterocycles. The number of aromatic nitrogens is 5. The first kappa shape index (κ1) is 18.5. The Morgan fingerprint density at radius 2 is 2.16 bits per heavy atom. The zero-order valence-corrected chi connectivity index (χ0v) is 14.2. The quantitative estimate of drug-likeness (QED) is 0.735. The number of aryl methyl sites for hydroxylation is 3. The van der Waals surface area contributed by atoms with Crippen LogP contribution in [-0.4, -0.2) is 67.4 Å². The van der Waals surface area contributed by atoms with Crippen LogP contribution >= 0.6 is 0 Å². The summed E-state index contributed by atoms with van der Waals surface area (Å²) >= 11 is 0. The molecule has 1 aliphatic rings. The van der Waals surface area contributed by atoms with E-state index in [1.54, 1.807) is 16.6 Å². The summed E-state index contributed by atoms with van der Waals surface area (Å²) in [6, 6.07) is 0. The van der Waals surface area contributed by atoms with Crippen molar-refractivity contribution in [2.75, 3.05) is 19.7 Å². The lowest BCUT2D eigenvalue weighted by molar-refractivity contribution is -0.138. The summed E-state index contributed by atoms with van der Waals surface area (Å²) in [6.07, 6.45) is -0.0207. The zero-order chi connectivity index (χ0) is 18.4. The van der Waals surface area contributed by atoms with Crippen molar-refractivity contribution in [2.45, 2.75) is 26.4 Å². The van der Waals surface area contributed by atoms with Crippen molar-refractivity contribution < 1.29 is 24.0 Å². The molecule has 1 aliphatic heterocycles. The van der Waals surface area contributed by atoms with Crippen molar-refractivity contribution in [3.63, 3.8) is 0 Å². The van der Waals surface area contributed by atoms with Gasteiger partial charge >= 0.3 is 0 Å². The van der Waals surface area contributed by atoms with Crippen LogP contribution in [0.4, 0.5) is 0 Å². The monoisotopic (exact) mass is 352 g/mol. The lowest BCUT2D eigenvalue weighted by Gasteiger charge is -2.32. The van der Waals surface area contributed by atoms with Crippen LogP contribution in [0.2, 0.25) is 0 Å². The summed E-state index contributed by atoms with van der Waals surface area (Å²) in [5.41, 5.74) is 1.61. The topological polar surface area (TPSA) is 136 Å². The van der Waals surface area contributed by atoms with Gasteiger partial charge in [0.05, 0.1) is 25.3 Å². The van der Waals surface area contributed by atoms with Crippen molar-refractivity contribution in [3.8, 4) is 0 Å². The summed E-state index contributed by atoms with van der Waals surface area (Å²) in [5.74, 6) is 1.33. The Morgan fingerprint density at radius 1 is 1.44 bits per heavy atom. The van der Waals surface area contributed by atoms with Crippen LogP contribution in [0.5, 0.6) is 0 Å². The maximum absolute atomic E-state index is 12.5. The highest BCUT2D eigenvalue weighted by atomic mass is 16.5. The molecule has 0 aromatic carbocycles. The van der Waals surface area contributed by atoms with Gasteiger partial charge in [-0.3, -0.25) is 9.59 Å². The third-order valence-corrected chi connectivity index (χ3v) is 3.87. The summed E-state index contributed by atoms with van der Waals surface area (Å²) < 4.78 is 12.3. The first-order chi connectivity index (χ1) is 12.0. The number of amides is 1. The molecule has 0 radical (unpaired) electrons. The van der Waals surface area contributed by atoms with Gasteiger partial charge in [-0.05, 0) is 24.3 Å². The Labute approximate surface area is 143 Å². The molecule has 136 valence electrons. The molecule has 25 heavy (non-hydrogen) atoms. The van der Waals surface area contributed by atoms with Crippen molar-refractivity contribution in [1.82, 2.24) is 30.3 Å². The van der Waals surface area contributed by atoms with Crippen LogP contribution in [0, 0.1) is 13.8 Å². The first-order valence-corrected chi connectivity index (χ1v) is 7.59. The van der Waals surface area contributed by atoms with Gasteiger partial charge in [0, 0.05) is 19.2 Å². The van der Waals surface area contributed by atoms with Gasteiger partial charge in [0.2, 0.25) is 5.91 Å². The minimum Gasteiger partial charge on any atom is -0.483 e. The molecule has 1 atom stereocenters. The maximum Gasteiger partial charge on any atom is 0.290 e. The minimum absolute atomic E-state index is 0.0258. The van der Waals surface area contributed by atoms with E-state index < -0.39 is 0 Å². The van der Waals surface area contributed by atoms with Gasteiger partial charge in [0.15, 0.2) is 5.82 Å². The Kier molecular flexibility index (Phi) is 6.17. The van der Waals surface area contributed by atoms with Crippen LogP contribution in [-0.2, 0) is 27.8 Å². The molecular weight excluding hydrogens is 332 g/mol. The number of tetrazole rings is 1. The SMILES string of the molecule is Cc1noc(C)c1CC(=O)N1CCOC(c2nnnn2C)C1.O=CO. The van der Waals surface area contributed by atoms with E-state index >= 15 is 0 Å². The molecule has 2 aromatic rings. The molecule has 3 heterocycles. The van der Waals surface area contributed by atoms with Crippen molar-refractivity contribution in [3.05, 3.63) is 22.8 Å². The highest BCUT2D eigenvalue weighted by molar-refractivity contribution is 5.79. The van der Waals surface area contributed by atoms with E-state index in [4.69, 9.17) is 19.2 Å². The molecule has 11 heteroatoms. The van der Waals surface area contributed by atoms with Crippen molar-refractivity contribution in [2.24, 2.45) is 7.05 Å². The third kappa shape index (κ3) is 4.38. The highest BCUT2D eigenvalue weighted by Crippen LogP contribution is 2.21. The largest absolute Gasteiger partial charge is 0.483 e. The molecule has 1 amide bonds. The number of ether oxygens (including phenoxy) is 1. The van der Waals surface area contributed by atoms with Gasteiger partial charge in [-0.1, -0.05) is 5.16 Å². The number of rotatable bonds is 3. The van der Waals surface area contributed by atoms with Crippen molar-refractivity contribution >= 4 is 12.4 Å². The van der Waals surface area contributed by atoms with Gasteiger partial charge in [-0.2, -0.15) is 0 Å². The summed E-state index contributed by atoms with van der Waals surface area (Å²) in [6.45, 7) is 4.87. The average molecular weight is 352 g/mol. The third-order valence-electron chi connectivity index (χ3n) is 3.87. The fourth-order valence-corrected chi connectivity index (χ4v) is 2.56. The van der Waals surface area contributed by atoms with E-state index in [2.05, 4.69) is 20.7 Å². The Hall–Kier alpha value is -2.82. The second kappa shape index (κ2) is 8.33. The van der Waals surface area contributed by atoms with Gasteiger partial charge < -0.3 is 19.3 Å². The van der Waals surface area contributed by atoms with E-state index in [1.807, 2.05) is 13.8 Å². The highest BCUT2D eigenvalue weighted by Gasteiger charge is 2.29. The predicted molar refractivity (Wildman–Crippen MR) is 82.4 cm³/mol. The number of hydrogen-bond acceptors (Lipinski definition) is 8. The van der Waals surface area contributed by atoms with Gasteiger partial charge in [0.25, 0.3) is 6.47 Å². The summed E-state index contributed by atoms with van der Waals surface area (Å²) in [7, 11) is 1.75. The molecule has 1 saturated heterocycles.